The van der Waals surface area contributed by atoms with Crippen LogP contribution in [0, 0.1) is 6.92 Å². The van der Waals surface area contributed by atoms with Gasteiger partial charge in [-0.05, 0) is 32.6 Å². The molecule has 24 heavy (non-hydrogen) atoms. The third kappa shape index (κ3) is 3.98. The van der Waals surface area contributed by atoms with Gasteiger partial charge in [0.2, 0.25) is 11.1 Å². The average molecular weight is 344 g/mol. The van der Waals surface area contributed by atoms with Gasteiger partial charge in [-0.3, -0.25) is 9.89 Å². The van der Waals surface area contributed by atoms with Crippen molar-refractivity contribution in [3.05, 3.63) is 29.8 Å². The number of hydrogen-bond donors (Lipinski definition) is 1. The molecule has 1 fully saturated rings. The van der Waals surface area contributed by atoms with Crippen molar-refractivity contribution in [1.82, 2.24) is 20.1 Å². The predicted molar refractivity (Wildman–Crippen MR) is 96.9 cm³/mol. The number of likely N-dealkylation sites (tertiary alicyclic amines) is 1. The van der Waals surface area contributed by atoms with Gasteiger partial charge in [-0.1, -0.05) is 48.5 Å². The third-order valence-electron chi connectivity index (χ3n) is 4.53. The summed E-state index contributed by atoms with van der Waals surface area (Å²) in [5.41, 5.74) is 2.22. The number of aryl methyl sites for hydroxylation is 1. The molecule has 0 radical (unpaired) electrons. The molecule has 1 N–H and O–H groups in total. The molecule has 1 amide bonds. The summed E-state index contributed by atoms with van der Waals surface area (Å²) in [7, 11) is 0. The second-order valence-electron chi connectivity index (χ2n) is 6.27. The largest absolute Gasteiger partial charge is 0.339 e. The Balaban J connectivity index is 1.59. The Morgan fingerprint density at radius 1 is 1.33 bits per heavy atom. The number of carbonyl (C=O) groups excluding carboxylic acids is 1. The smallest absolute Gasteiger partial charge is 0.233 e. The SMILES string of the molecule is CC[C@H]1CCCCN1C(=O)CSc1n[nH]c(-c2ccc(C)cc2)n1. The van der Waals surface area contributed by atoms with Gasteiger partial charge in [-0.2, -0.15) is 0 Å². The number of hydrogen-bond acceptors (Lipinski definition) is 4. The predicted octanol–water partition coefficient (Wildman–Crippen LogP) is 3.66. The highest BCUT2D eigenvalue weighted by Crippen LogP contribution is 2.23. The summed E-state index contributed by atoms with van der Waals surface area (Å²) in [6.45, 7) is 5.11. The summed E-state index contributed by atoms with van der Waals surface area (Å²) >= 11 is 1.41. The second-order valence-corrected chi connectivity index (χ2v) is 7.21. The number of amides is 1. The van der Waals surface area contributed by atoms with Crippen LogP contribution in [0.15, 0.2) is 29.4 Å². The quantitative estimate of drug-likeness (QED) is 0.841. The van der Waals surface area contributed by atoms with Crippen molar-refractivity contribution in [1.29, 1.82) is 0 Å². The van der Waals surface area contributed by atoms with Crippen molar-refractivity contribution < 1.29 is 4.79 Å². The van der Waals surface area contributed by atoms with E-state index in [0.717, 1.165) is 37.2 Å². The molecule has 0 aliphatic carbocycles. The number of thioether (sulfide) groups is 1. The zero-order valence-corrected chi connectivity index (χ0v) is 15.1. The number of nitrogens with one attached hydrogen (secondary N) is 1. The van der Waals surface area contributed by atoms with Crippen molar-refractivity contribution in [3.63, 3.8) is 0 Å². The maximum Gasteiger partial charge on any atom is 0.233 e. The first-order valence-corrected chi connectivity index (χ1v) is 9.57. The molecule has 2 heterocycles. The summed E-state index contributed by atoms with van der Waals surface area (Å²) in [5, 5.41) is 7.81. The zero-order valence-electron chi connectivity index (χ0n) is 14.3. The Bertz CT molecular complexity index is 683. The molecular weight excluding hydrogens is 320 g/mol. The first-order chi connectivity index (χ1) is 11.7. The highest BCUT2D eigenvalue weighted by atomic mass is 32.2. The van der Waals surface area contributed by atoms with E-state index in [9.17, 15) is 4.79 Å². The summed E-state index contributed by atoms with van der Waals surface area (Å²) < 4.78 is 0. The Morgan fingerprint density at radius 2 is 2.12 bits per heavy atom. The first kappa shape index (κ1) is 17.0. The average Bonchev–Trinajstić information content (AvgIpc) is 3.09. The number of H-pyrrole nitrogens is 1. The van der Waals surface area contributed by atoms with Gasteiger partial charge in [0.15, 0.2) is 5.82 Å². The minimum Gasteiger partial charge on any atom is -0.339 e. The van der Waals surface area contributed by atoms with E-state index >= 15 is 0 Å². The summed E-state index contributed by atoms with van der Waals surface area (Å²) in [6, 6.07) is 8.55. The van der Waals surface area contributed by atoms with E-state index < -0.39 is 0 Å². The van der Waals surface area contributed by atoms with E-state index in [1.807, 2.05) is 17.0 Å². The lowest BCUT2D eigenvalue weighted by molar-refractivity contribution is -0.132. The number of rotatable bonds is 5. The van der Waals surface area contributed by atoms with Crippen molar-refractivity contribution in [2.45, 2.75) is 50.7 Å². The fraction of sp³-hybridized carbons (Fsp3) is 0.500. The molecular formula is C18H24N4OS. The topological polar surface area (TPSA) is 61.9 Å². The Hall–Kier alpha value is -1.82. The molecule has 0 saturated carbocycles. The molecule has 0 spiro atoms. The second kappa shape index (κ2) is 7.83. The molecule has 1 aromatic heterocycles. The van der Waals surface area contributed by atoms with Crippen molar-refractivity contribution in [3.8, 4) is 11.4 Å². The van der Waals surface area contributed by atoms with Crippen LogP contribution in [0.1, 0.15) is 38.2 Å². The fourth-order valence-electron chi connectivity index (χ4n) is 3.11. The van der Waals surface area contributed by atoms with E-state index in [1.54, 1.807) is 0 Å². The molecule has 2 aromatic rings. The van der Waals surface area contributed by atoms with Gasteiger partial charge in [0.05, 0.1) is 5.75 Å². The van der Waals surface area contributed by atoms with E-state index in [4.69, 9.17) is 0 Å². The lowest BCUT2D eigenvalue weighted by Gasteiger charge is -2.35. The minimum absolute atomic E-state index is 0.202. The Labute approximate surface area is 147 Å². The molecule has 0 bridgehead atoms. The molecule has 0 unspecified atom stereocenters. The molecule has 1 aliphatic heterocycles. The number of carbonyl (C=O) groups is 1. The monoisotopic (exact) mass is 344 g/mol. The molecule has 1 aromatic carbocycles. The lowest BCUT2D eigenvalue weighted by Crippen LogP contribution is -2.44. The van der Waals surface area contributed by atoms with Gasteiger partial charge in [-0.25, -0.2) is 4.98 Å². The Morgan fingerprint density at radius 3 is 2.88 bits per heavy atom. The van der Waals surface area contributed by atoms with Crippen LogP contribution < -0.4 is 0 Å². The molecule has 3 rings (SSSR count). The lowest BCUT2D eigenvalue weighted by atomic mass is 10.0. The van der Waals surface area contributed by atoms with Crippen LogP contribution >= 0.6 is 11.8 Å². The van der Waals surface area contributed by atoms with Crippen LogP contribution in [0.25, 0.3) is 11.4 Å². The summed E-state index contributed by atoms with van der Waals surface area (Å²) in [4.78, 5) is 19.0. The van der Waals surface area contributed by atoms with Gasteiger partial charge in [0.25, 0.3) is 0 Å². The highest BCUT2D eigenvalue weighted by molar-refractivity contribution is 7.99. The standard InChI is InChI=1S/C18H24N4OS/c1-3-15-6-4-5-11-22(15)16(23)12-24-18-19-17(20-21-18)14-9-7-13(2)8-10-14/h7-10,15H,3-6,11-12H2,1-2H3,(H,19,20,21)/t15-/m0/s1. The number of piperidine rings is 1. The molecule has 1 aliphatic rings. The van der Waals surface area contributed by atoms with Crippen molar-refractivity contribution in [2.24, 2.45) is 0 Å². The van der Waals surface area contributed by atoms with E-state index in [0.29, 0.717) is 17.0 Å². The van der Waals surface area contributed by atoms with Crippen molar-refractivity contribution >= 4 is 17.7 Å². The van der Waals surface area contributed by atoms with Crippen molar-refractivity contribution in [2.75, 3.05) is 12.3 Å². The molecule has 1 saturated heterocycles. The summed E-state index contributed by atoms with van der Waals surface area (Å²) in [5.74, 6) is 1.35. The number of aromatic nitrogens is 3. The maximum atomic E-state index is 12.5. The fourth-order valence-corrected chi connectivity index (χ4v) is 3.80. The van der Waals surface area contributed by atoms with Gasteiger partial charge in [-0.15, -0.1) is 5.10 Å². The first-order valence-electron chi connectivity index (χ1n) is 8.59. The number of benzene rings is 1. The van der Waals surface area contributed by atoms with E-state index in [-0.39, 0.29) is 5.91 Å². The molecule has 5 nitrogen and oxygen atoms in total. The van der Waals surface area contributed by atoms with Crippen LogP contribution in [0.2, 0.25) is 0 Å². The van der Waals surface area contributed by atoms with Gasteiger partial charge < -0.3 is 4.90 Å². The number of aromatic amines is 1. The van der Waals surface area contributed by atoms with E-state index in [1.165, 1.54) is 23.7 Å². The molecule has 6 heteroatoms. The van der Waals surface area contributed by atoms with Crippen LogP contribution in [0.3, 0.4) is 0 Å². The normalized spacial score (nSPS) is 17.9. The summed E-state index contributed by atoms with van der Waals surface area (Å²) in [6.07, 6.45) is 4.52. The molecule has 128 valence electrons. The van der Waals surface area contributed by atoms with Crippen LogP contribution in [-0.4, -0.2) is 44.3 Å². The maximum absolute atomic E-state index is 12.5. The minimum atomic E-state index is 0.202. The number of nitrogens with zero attached hydrogens (tertiary/aromatic N) is 3. The third-order valence-corrected chi connectivity index (χ3v) is 5.37. The zero-order chi connectivity index (χ0) is 16.9. The van der Waals surface area contributed by atoms with Crippen LogP contribution in [-0.2, 0) is 4.79 Å². The van der Waals surface area contributed by atoms with Gasteiger partial charge >= 0.3 is 0 Å². The van der Waals surface area contributed by atoms with Gasteiger partial charge in [0.1, 0.15) is 0 Å². The van der Waals surface area contributed by atoms with E-state index in [2.05, 4.69) is 41.2 Å². The Kier molecular flexibility index (Phi) is 5.56. The van der Waals surface area contributed by atoms with Gasteiger partial charge in [0, 0.05) is 18.2 Å². The highest BCUT2D eigenvalue weighted by Gasteiger charge is 2.25. The van der Waals surface area contributed by atoms with Crippen LogP contribution in [0.4, 0.5) is 0 Å². The molecule has 1 atom stereocenters. The van der Waals surface area contributed by atoms with Crippen LogP contribution in [0.5, 0.6) is 0 Å².